The predicted octanol–water partition coefficient (Wildman–Crippen LogP) is 3.59. The smallest absolute Gasteiger partial charge is 0.191 e. The van der Waals surface area contributed by atoms with Crippen LogP contribution in [-0.4, -0.2) is 30.6 Å². The van der Waals surface area contributed by atoms with E-state index in [0.29, 0.717) is 0 Å². The van der Waals surface area contributed by atoms with E-state index in [1.165, 1.54) is 9.71 Å². The minimum Gasteiger partial charge on any atom is -0.357 e. The highest BCUT2D eigenvalue weighted by Gasteiger charge is 2.02. The summed E-state index contributed by atoms with van der Waals surface area (Å²) in [4.78, 5) is 9.18. The maximum absolute atomic E-state index is 4.64. The van der Waals surface area contributed by atoms with E-state index in [1.54, 1.807) is 11.3 Å². The Morgan fingerprint density at radius 2 is 2.18 bits per heavy atom. The summed E-state index contributed by atoms with van der Waals surface area (Å²) in [6.45, 7) is 8.14. The van der Waals surface area contributed by atoms with Crippen LogP contribution in [0.1, 0.15) is 18.4 Å². The van der Waals surface area contributed by atoms with E-state index in [4.69, 9.17) is 0 Å². The Labute approximate surface area is 153 Å². The zero-order chi connectivity index (χ0) is 14.9. The number of benzene rings is 1. The lowest BCUT2D eigenvalue weighted by molar-refractivity contribution is 0.800. The van der Waals surface area contributed by atoms with Crippen molar-refractivity contribution >= 4 is 51.5 Å². The summed E-state index contributed by atoms with van der Waals surface area (Å²) in [5.41, 5.74) is 1.10. The zero-order valence-electron chi connectivity index (χ0n) is 12.8. The number of aliphatic imine (C=N–C) groups is 1. The number of rotatable bonds is 7. The summed E-state index contributed by atoms with van der Waals surface area (Å²) in [7, 11) is 0. The Morgan fingerprint density at radius 1 is 1.36 bits per heavy atom. The van der Waals surface area contributed by atoms with Gasteiger partial charge in [-0.25, -0.2) is 4.98 Å². The Hall–Kier alpha value is -1.15. The lowest BCUT2D eigenvalue weighted by Crippen LogP contribution is -2.37. The Balaban J connectivity index is 0.00000242. The largest absolute Gasteiger partial charge is 0.357 e. The van der Waals surface area contributed by atoms with Crippen LogP contribution in [-0.2, 0) is 6.42 Å². The second-order valence-electron chi connectivity index (χ2n) is 4.61. The molecular formula is C16H23IN4S. The number of guanidine groups is 1. The molecule has 22 heavy (non-hydrogen) atoms. The molecular weight excluding hydrogens is 407 g/mol. The van der Waals surface area contributed by atoms with Crippen LogP contribution in [0.2, 0.25) is 0 Å². The van der Waals surface area contributed by atoms with Gasteiger partial charge in [0.15, 0.2) is 5.96 Å². The van der Waals surface area contributed by atoms with Crippen LogP contribution < -0.4 is 10.6 Å². The summed E-state index contributed by atoms with van der Waals surface area (Å²) in [5.74, 6) is 0.849. The van der Waals surface area contributed by atoms with Crippen molar-refractivity contribution in [2.75, 3.05) is 19.6 Å². The van der Waals surface area contributed by atoms with Gasteiger partial charge in [0.1, 0.15) is 0 Å². The number of hydrogen-bond acceptors (Lipinski definition) is 3. The first-order valence-corrected chi connectivity index (χ1v) is 8.12. The number of para-hydroxylation sites is 1. The first-order valence-electron chi connectivity index (χ1n) is 7.31. The van der Waals surface area contributed by atoms with Crippen molar-refractivity contribution in [3.8, 4) is 0 Å². The third-order valence-corrected chi connectivity index (χ3v) is 4.01. The minimum atomic E-state index is 0. The second kappa shape index (κ2) is 10.6. The van der Waals surface area contributed by atoms with Crippen LogP contribution in [0, 0.1) is 0 Å². The number of fused-ring (bicyclic) bond motifs is 1. The molecule has 1 aromatic carbocycles. The standard InChI is InChI=1S/C16H22N4S.HI/c1-3-11-18-16(17-4-2)19-12-7-10-15-20-13-8-5-6-9-14(13)21-15;/h3,5-6,8-9H,1,4,7,10-12H2,2H3,(H2,17,18,19);1H. The summed E-state index contributed by atoms with van der Waals surface area (Å²) in [6, 6.07) is 8.28. The van der Waals surface area contributed by atoms with Crippen LogP contribution in [0.15, 0.2) is 41.9 Å². The van der Waals surface area contributed by atoms with Gasteiger partial charge in [-0.2, -0.15) is 0 Å². The van der Waals surface area contributed by atoms with Gasteiger partial charge in [0.05, 0.1) is 15.2 Å². The molecule has 2 rings (SSSR count). The van der Waals surface area contributed by atoms with E-state index >= 15 is 0 Å². The lowest BCUT2D eigenvalue weighted by atomic mass is 10.3. The fourth-order valence-electron chi connectivity index (χ4n) is 1.96. The van der Waals surface area contributed by atoms with Crippen molar-refractivity contribution in [1.29, 1.82) is 0 Å². The van der Waals surface area contributed by atoms with Gasteiger partial charge in [-0.05, 0) is 25.5 Å². The molecule has 0 amide bonds. The molecule has 0 aliphatic carbocycles. The minimum absolute atomic E-state index is 0. The molecule has 0 unspecified atom stereocenters. The SMILES string of the molecule is C=CCNC(=NCCCc1nc2ccccc2s1)NCC.I. The summed E-state index contributed by atoms with van der Waals surface area (Å²) in [5, 5.41) is 7.60. The average molecular weight is 430 g/mol. The molecule has 0 aliphatic rings. The maximum atomic E-state index is 4.64. The predicted molar refractivity (Wildman–Crippen MR) is 108 cm³/mol. The Morgan fingerprint density at radius 3 is 2.91 bits per heavy atom. The van der Waals surface area contributed by atoms with E-state index in [2.05, 4.69) is 52.3 Å². The lowest BCUT2D eigenvalue weighted by Gasteiger charge is -2.08. The quantitative estimate of drug-likeness (QED) is 0.232. The number of halogens is 1. The van der Waals surface area contributed by atoms with Crippen LogP contribution in [0.3, 0.4) is 0 Å². The van der Waals surface area contributed by atoms with Gasteiger partial charge in [0.2, 0.25) is 0 Å². The van der Waals surface area contributed by atoms with Crippen molar-refractivity contribution in [3.63, 3.8) is 0 Å². The molecule has 0 saturated heterocycles. The van der Waals surface area contributed by atoms with Gasteiger partial charge in [-0.1, -0.05) is 18.2 Å². The van der Waals surface area contributed by atoms with Crippen molar-refractivity contribution in [3.05, 3.63) is 41.9 Å². The fourth-order valence-corrected chi connectivity index (χ4v) is 2.97. The fraction of sp³-hybridized carbons (Fsp3) is 0.375. The third-order valence-electron chi connectivity index (χ3n) is 2.91. The third kappa shape index (κ3) is 5.92. The van der Waals surface area contributed by atoms with Crippen molar-refractivity contribution in [2.24, 2.45) is 4.99 Å². The molecule has 2 aromatic rings. The van der Waals surface area contributed by atoms with Gasteiger partial charge in [0, 0.05) is 26.1 Å². The number of nitrogens with one attached hydrogen (secondary N) is 2. The monoisotopic (exact) mass is 430 g/mol. The van der Waals surface area contributed by atoms with E-state index in [9.17, 15) is 0 Å². The maximum Gasteiger partial charge on any atom is 0.191 e. The highest BCUT2D eigenvalue weighted by Crippen LogP contribution is 2.22. The molecule has 2 N–H and O–H groups in total. The number of hydrogen-bond donors (Lipinski definition) is 2. The molecule has 1 heterocycles. The molecule has 0 bridgehead atoms. The van der Waals surface area contributed by atoms with Gasteiger partial charge in [-0.3, -0.25) is 4.99 Å². The first kappa shape index (κ1) is 18.9. The Kier molecular flexibility index (Phi) is 9.07. The second-order valence-corrected chi connectivity index (χ2v) is 5.72. The molecule has 6 heteroatoms. The van der Waals surface area contributed by atoms with Gasteiger partial charge in [-0.15, -0.1) is 41.9 Å². The molecule has 1 aromatic heterocycles. The van der Waals surface area contributed by atoms with E-state index in [-0.39, 0.29) is 24.0 Å². The van der Waals surface area contributed by atoms with Crippen molar-refractivity contribution in [1.82, 2.24) is 15.6 Å². The Bertz CT molecular complexity index is 576. The van der Waals surface area contributed by atoms with Crippen LogP contribution in [0.25, 0.3) is 10.2 Å². The molecule has 0 fully saturated rings. The topological polar surface area (TPSA) is 49.3 Å². The van der Waals surface area contributed by atoms with Crippen LogP contribution in [0.4, 0.5) is 0 Å². The van der Waals surface area contributed by atoms with E-state index in [0.717, 1.165) is 44.0 Å². The molecule has 0 saturated carbocycles. The highest BCUT2D eigenvalue weighted by molar-refractivity contribution is 14.0. The van der Waals surface area contributed by atoms with Gasteiger partial charge >= 0.3 is 0 Å². The number of aryl methyl sites for hydroxylation is 1. The number of thiazole rings is 1. The molecule has 4 nitrogen and oxygen atoms in total. The molecule has 120 valence electrons. The van der Waals surface area contributed by atoms with Gasteiger partial charge < -0.3 is 10.6 Å². The molecule has 0 radical (unpaired) electrons. The normalized spacial score (nSPS) is 11.0. The summed E-state index contributed by atoms with van der Waals surface area (Å²) >= 11 is 1.78. The summed E-state index contributed by atoms with van der Waals surface area (Å²) in [6.07, 6.45) is 3.81. The average Bonchev–Trinajstić information content (AvgIpc) is 2.91. The first-order chi connectivity index (χ1) is 10.3. The van der Waals surface area contributed by atoms with Gasteiger partial charge in [0.25, 0.3) is 0 Å². The van der Waals surface area contributed by atoms with Crippen molar-refractivity contribution in [2.45, 2.75) is 19.8 Å². The zero-order valence-corrected chi connectivity index (χ0v) is 16.0. The molecule has 0 atom stereocenters. The van der Waals surface area contributed by atoms with E-state index < -0.39 is 0 Å². The van der Waals surface area contributed by atoms with Crippen molar-refractivity contribution < 1.29 is 0 Å². The van der Waals surface area contributed by atoms with E-state index in [1.807, 2.05) is 12.1 Å². The van der Waals surface area contributed by atoms with Crippen LogP contribution in [0.5, 0.6) is 0 Å². The highest BCUT2D eigenvalue weighted by atomic mass is 127. The number of nitrogens with zero attached hydrogens (tertiary/aromatic N) is 2. The molecule has 0 spiro atoms. The molecule has 0 aliphatic heterocycles. The van der Waals surface area contributed by atoms with Crippen LogP contribution >= 0.6 is 35.3 Å². The summed E-state index contributed by atoms with van der Waals surface area (Å²) < 4.78 is 1.26. The number of aromatic nitrogens is 1.